The number of nitrogens with one attached hydrogen (secondary N) is 1. The Bertz CT molecular complexity index is 945. The van der Waals surface area contributed by atoms with Crippen molar-refractivity contribution in [2.24, 2.45) is 0 Å². The number of hydrogen-bond acceptors (Lipinski definition) is 6. The van der Waals surface area contributed by atoms with Crippen molar-refractivity contribution in [3.63, 3.8) is 0 Å². The van der Waals surface area contributed by atoms with Crippen LogP contribution >= 0.6 is 11.8 Å². The molecular weight excluding hydrogens is 369 g/mol. The van der Waals surface area contributed by atoms with E-state index in [9.17, 15) is 9.18 Å². The van der Waals surface area contributed by atoms with E-state index < -0.39 is 0 Å². The largest absolute Gasteiger partial charge is 0.493 e. The van der Waals surface area contributed by atoms with E-state index >= 15 is 0 Å². The number of aromatic nitrogens is 2. The smallest absolute Gasteiger partial charge is 0.277 e. The fourth-order valence-electron chi connectivity index (χ4n) is 2.83. The average molecular weight is 385 g/mol. The van der Waals surface area contributed by atoms with E-state index in [4.69, 9.17) is 9.15 Å². The molecule has 1 aliphatic rings. The lowest BCUT2D eigenvalue weighted by molar-refractivity contribution is -0.119. The summed E-state index contributed by atoms with van der Waals surface area (Å²) in [7, 11) is 0. The number of benzene rings is 2. The van der Waals surface area contributed by atoms with Gasteiger partial charge in [0, 0.05) is 17.5 Å². The Morgan fingerprint density at radius 3 is 2.85 bits per heavy atom. The lowest BCUT2D eigenvalue weighted by Crippen LogP contribution is -2.33. The van der Waals surface area contributed by atoms with E-state index in [0.29, 0.717) is 12.2 Å². The van der Waals surface area contributed by atoms with Crippen molar-refractivity contribution < 1.29 is 18.3 Å². The van der Waals surface area contributed by atoms with Crippen LogP contribution in [0.3, 0.4) is 0 Å². The highest BCUT2D eigenvalue weighted by molar-refractivity contribution is 7.99. The number of halogens is 1. The molecule has 0 saturated carbocycles. The number of fused-ring (bicyclic) bond motifs is 1. The predicted molar refractivity (Wildman–Crippen MR) is 97.9 cm³/mol. The number of para-hydroxylation sites is 1. The highest BCUT2D eigenvalue weighted by Crippen LogP contribution is 2.31. The van der Waals surface area contributed by atoms with Gasteiger partial charge in [-0.1, -0.05) is 30.0 Å². The summed E-state index contributed by atoms with van der Waals surface area (Å²) in [5.74, 6) is 0.797. The SMILES string of the molecule is O=C(CSc1nnc(-c2ccc(F)cc2)o1)NC1CCOc2ccccc21. The first-order valence-corrected chi connectivity index (χ1v) is 9.41. The van der Waals surface area contributed by atoms with Crippen molar-refractivity contribution in [1.82, 2.24) is 15.5 Å². The van der Waals surface area contributed by atoms with Gasteiger partial charge in [0.2, 0.25) is 11.8 Å². The summed E-state index contributed by atoms with van der Waals surface area (Å²) in [6.07, 6.45) is 0.725. The number of rotatable bonds is 5. The zero-order valence-corrected chi connectivity index (χ0v) is 15.0. The topological polar surface area (TPSA) is 77.2 Å². The molecule has 8 heteroatoms. The van der Waals surface area contributed by atoms with Gasteiger partial charge in [-0.15, -0.1) is 10.2 Å². The second kappa shape index (κ2) is 7.79. The van der Waals surface area contributed by atoms with E-state index in [1.165, 1.54) is 12.1 Å². The molecule has 1 amide bonds. The van der Waals surface area contributed by atoms with Crippen LogP contribution in [0.15, 0.2) is 58.2 Å². The van der Waals surface area contributed by atoms with E-state index in [1.807, 2.05) is 24.3 Å². The molecule has 3 aromatic rings. The molecule has 0 saturated heterocycles. The van der Waals surface area contributed by atoms with Crippen LogP contribution in [0.5, 0.6) is 5.75 Å². The van der Waals surface area contributed by atoms with Crippen molar-refractivity contribution >= 4 is 17.7 Å². The number of carbonyl (C=O) groups is 1. The zero-order valence-electron chi connectivity index (χ0n) is 14.2. The van der Waals surface area contributed by atoms with Crippen LogP contribution < -0.4 is 10.1 Å². The van der Waals surface area contributed by atoms with Gasteiger partial charge >= 0.3 is 0 Å². The third-order valence-electron chi connectivity index (χ3n) is 4.12. The molecule has 1 aliphatic heterocycles. The lowest BCUT2D eigenvalue weighted by atomic mass is 10.0. The Balaban J connectivity index is 1.34. The fraction of sp³-hybridized carbons (Fsp3) is 0.211. The second-order valence-corrected chi connectivity index (χ2v) is 6.89. The molecule has 2 aromatic carbocycles. The summed E-state index contributed by atoms with van der Waals surface area (Å²) in [4.78, 5) is 12.3. The summed E-state index contributed by atoms with van der Waals surface area (Å²) in [5.41, 5.74) is 1.61. The maximum absolute atomic E-state index is 13.0. The third-order valence-corrected chi connectivity index (χ3v) is 4.94. The van der Waals surface area contributed by atoms with Crippen LogP contribution in [-0.4, -0.2) is 28.5 Å². The molecule has 138 valence electrons. The van der Waals surface area contributed by atoms with Gasteiger partial charge in [-0.25, -0.2) is 4.39 Å². The monoisotopic (exact) mass is 385 g/mol. The van der Waals surface area contributed by atoms with Crippen molar-refractivity contribution in [1.29, 1.82) is 0 Å². The second-order valence-electron chi connectivity index (χ2n) is 5.96. The van der Waals surface area contributed by atoms with Crippen LogP contribution in [0.2, 0.25) is 0 Å². The van der Waals surface area contributed by atoms with Gasteiger partial charge in [-0.3, -0.25) is 4.79 Å². The zero-order chi connectivity index (χ0) is 18.6. The number of ether oxygens (including phenoxy) is 1. The van der Waals surface area contributed by atoms with Gasteiger partial charge < -0.3 is 14.5 Å². The van der Waals surface area contributed by atoms with Gasteiger partial charge in [0.25, 0.3) is 5.22 Å². The molecule has 0 aliphatic carbocycles. The fourth-order valence-corrected chi connectivity index (χ4v) is 3.41. The molecular formula is C19H16FN3O3S. The third kappa shape index (κ3) is 4.11. The average Bonchev–Trinajstić information content (AvgIpc) is 3.16. The van der Waals surface area contributed by atoms with E-state index in [0.717, 1.165) is 29.5 Å². The first kappa shape index (κ1) is 17.5. The van der Waals surface area contributed by atoms with Crippen LogP contribution in [0.1, 0.15) is 18.0 Å². The molecule has 0 spiro atoms. The molecule has 1 N–H and O–H groups in total. The Kier molecular flexibility index (Phi) is 5.06. The number of hydrogen-bond donors (Lipinski definition) is 1. The minimum atomic E-state index is -0.334. The standard InChI is InChI=1S/C19H16FN3O3S/c20-13-7-5-12(6-8-13)18-22-23-19(26-18)27-11-17(24)21-15-9-10-25-16-4-2-1-3-14(15)16/h1-8,15H,9-11H2,(H,21,24). The molecule has 2 heterocycles. The van der Waals surface area contributed by atoms with Crippen LogP contribution in [-0.2, 0) is 4.79 Å². The molecule has 1 aromatic heterocycles. The highest BCUT2D eigenvalue weighted by Gasteiger charge is 2.22. The quantitative estimate of drug-likeness (QED) is 0.676. The summed E-state index contributed by atoms with van der Waals surface area (Å²) >= 11 is 1.16. The minimum Gasteiger partial charge on any atom is -0.493 e. The van der Waals surface area contributed by atoms with Crippen molar-refractivity contribution in [3.8, 4) is 17.2 Å². The number of nitrogens with zero attached hydrogens (tertiary/aromatic N) is 2. The molecule has 27 heavy (non-hydrogen) atoms. The van der Waals surface area contributed by atoms with Crippen LogP contribution in [0, 0.1) is 5.82 Å². The van der Waals surface area contributed by atoms with Crippen LogP contribution in [0.4, 0.5) is 4.39 Å². The molecule has 6 nitrogen and oxygen atoms in total. The maximum atomic E-state index is 13.0. The normalized spacial score (nSPS) is 15.7. The number of thioether (sulfide) groups is 1. The molecule has 1 unspecified atom stereocenters. The van der Waals surface area contributed by atoms with Gasteiger partial charge in [0.15, 0.2) is 0 Å². The maximum Gasteiger partial charge on any atom is 0.277 e. The summed E-state index contributed by atoms with van der Waals surface area (Å²) in [6, 6.07) is 13.4. The van der Waals surface area contributed by atoms with Gasteiger partial charge in [0.05, 0.1) is 18.4 Å². The predicted octanol–water partition coefficient (Wildman–Crippen LogP) is 3.61. The Morgan fingerprint density at radius 1 is 1.19 bits per heavy atom. The molecule has 0 radical (unpaired) electrons. The Hall–Kier alpha value is -2.87. The molecule has 0 bridgehead atoms. The Labute approximate surface area is 159 Å². The first-order chi connectivity index (χ1) is 13.2. The minimum absolute atomic E-state index is 0.0690. The Morgan fingerprint density at radius 2 is 2.00 bits per heavy atom. The number of carbonyl (C=O) groups excluding carboxylic acids is 1. The summed E-state index contributed by atoms with van der Waals surface area (Å²) < 4.78 is 24.1. The van der Waals surface area contributed by atoms with Crippen molar-refractivity contribution in [2.45, 2.75) is 17.7 Å². The van der Waals surface area contributed by atoms with E-state index in [1.54, 1.807) is 12.1 Å². The van der Waals surface area contributed by atoms with Gasteiger partial charge in [-0.2, -0.15) is 0 Å². The first-order valence-electron chi connectivity index (χ1n) is 8.42. The lowest BCUT2D eigenvalue weighted by Gasteiger charge is -2.26. The van der Waals surface area contributed by atoms with Crippen LogP contribution in [0.25, 0.3) is 11.5 Å². The van der Waals surface area contributed by atoms with E-state index in [-0.39, 0.29) is 34.6 Å². The molecule has 0 fully saturated rings. The van der Waals surface area contributed by atoms with Crippen molar-refractivity contribution in [3.05, 3.63) is 59.9 Å². The highest BCUT2D eigenvalue weighted by atomic mass is 32.2. The summed E-state index contributed by atoms with van der Waals surface area (Å²) in [5, 5.41) is 11.2. The number of amides is 1. The van der Waals surface area contributed by atoms with Crippen molar-refractivity contribution in [2.75, 3.05) is 12.4 Å². The summed E-state index contributed by atoms with van der Waals surface area (Å²) in [6.45, 7) is 0.569. The molecule has 4 rings (SSSR count). The van der Waals surface area contributed by atoms with E-state index in [2.05, 4.69) is 15.5 Å². The van der Waals surface area contributed by atoms with Gasteiger partial charge in [0.1, 0.15) is 11.6 Å². The molecule has 1 atom stereocenters. The van der Waals surface area contributed by atoms with Gasteiger partial charge in [-0.05, 0) is 30.3 Å².